The van der Waals surface area contributed by atoms with E-state index in [1.54, 1.807) is 18.9 Å². The fourth-order valence-corrected chi connectivity index (χ4v) is 1.84. The van der Waals surface area contributed by atoms with Gasteiger partial charge in [0.2, 0.25) is 5.91 Å². The summed E-state index contributed by atoms with van der Waals surface area (Å²) in [6.07, 6.45) is 0.282. The van der Waals surface area contributed by atoms with Crippen molar-refractivity contribution in [3.63, 3.8) is 0 Å². The standard InChI is InChI=1S/C16H21NO2/c1-4-5-7-12-15(18)17(3)13(2)16(19)14-10-8-6-9-11-14/h6,8-11,13,16,19H,7,12H2,1-3H3. The molecule has 1 rings (SSSR count). The van der Waals surface area contributed by atoms with E-state index in [-0.39, 0.29) is 11.9 Å². The molecule has 0 aliphatic carbocycles. The van der Waals surface area contributed by atoms with E-state index in [2.05, 4.69) is 11.8 Å². The van der Waals surface area contributed by atoms with Crippen molar-refractivity contribution in [1.82, 2.24) is 4.90 Å². The molecule has 0 aromatic heterocycles. The van der Waals surface area contributed by atoms with E-state index < -0.39 is 6.10 Å². The van der Waals surface area contributed by atoms with E-state index in [0.29, 0.717) is 12.8 Å². The number of likely N-dealkylation sites (N-methyl/N-ethyl adjacent to an activating group) is 1. The van der Waals surface area contributed by atoms with E-state index in [0.717, 1.165) is 5.56 Å². The lowest BCUT2D eigenvalue weighted by molar-refractivity contribution is -0.133. The number of aliphatic hydroxyl groups is 1. The third-order valence-electron chi connectivity index (χ3n) is 3.24. The molecule has 0 aliphatic heterocycles. The molecule has 1 aromatic carbocycles. The number of aliphatic hydroxyl groups excluding tert-OH is 1. The lowest BCUT2D eigenvalue weighted by Gasteiger charge is -2.29. The Morgan fingerprint density at radius 2 is 2.00 bits per heavy atom. The minimum Gasteiger partial charge on any atom is -0.386 e. The van der Waals surface area contributed by atoms with Gasteiger partial charge in [-0.1, -0.05) is 30.3 Å². The van der Waals surface area contributed by atoms with Crippen LogP contribution in [0.1, 0.15) is 38.4 Å². The first kappa shape index (κ1) is 15.3. The van der Waals surface area contributed by atoms with Crippen LogP contribution in [-0.4, -0.2) is 29.0 Å². The molecule has 0 bridgehead atoms. The van der Waals surface area contributed by atoms with Crippen LogP contribution in [0.2, 0.25) is 0 Å². The minimum absolute atomic E-state index is 0.00484. The van der Waals surface area contributed by atoms with E-state index in [1.807, 2.05) is 37.3 Å². The van der Waals surface area contributed by atoms with Crippen LogP contribution in [-0.2, 0) is 4.79 Å². The van der Waals surface area contributed by atoms with Crippen LogP contribution in [0.4, 0.5) is 0 Å². The predicted molar refractivity (Wildman–Crippen MR) is 76.3 cm³/mol. The Balaban J connectivity index is 2.62. The Morgan fingerprint density at radius 3 is 2.58 bits per heavy atom. The molecular formula is C16H21NO2. The molecule has 1 aromatic rings. The van der Waals surface area contributed by atoms with Gasteiger partial charge in [0.1, 0.15) is 0 Å². The Labute approximate surface area is 115 Å². The van der Waals surface area contributed by atoms with Gasteiger partial charge in [-0.05, 0) is 19.4 Å². The topological polar surface area (TPSA) is 40.5 Å². The van der Waals surface area contributed by atoms with Crippen molar-refractivity contribution >= 4 is 5.91 Å². The lowest BCUT2D eigenvalue weighted by atomic mass is 10.0. The highest BCUT2D eigenvalue weighted by Crippen LogP contribution is 2.20. The highest BCUT2D eigenvalue weighted by molar-refractivity contribution is 5.76. The van der Waals surface area contributed by atoms with E-state index in [9.17, 15) is 9.90 Å². The van der Waals surface area contributed by atoms with Crippen LogP contribution < -0.4 is 0 Å². The molecule has 0 heterocycles. The minimum atomic E-state index is -0.674. The number of rotatable bonds is 5. The molecule has 3 nitrogen and oxygen atoms in total. The SMILES string of the molecule is CC#CCCC(=O)N(C)C(C)C(O)c1ccccc1. The molecule has 0 saturated carbocycles. The number of hydrogen-bond acceptors (Lipinski definition) is 2. The van der Waals surface area contributed by atoms with Gasteiger partial charge in [0.25, 0.3) is 0 Å². The van der Waals surface area contributed by atoms with Gasteiger partial charge < -0.3 is 10.0 Å². The number of hydrogen-bond donors (Lipinski definition) is 1. The van der Waals surface area contributed by atoms with Gasteiger partial charge in [-0.25, -0.2) is 0 Å². The van der Waals surface area contributed by atoms with Gasteiger partial charge in [0, 0.05) is 19.9 Å². The quantitative estimate of drug-likeness (QED) is 0.825. The van der Waals surface area contributed by atoms with Gasteiger partial charge in [-0.15, -0.1) is 11.8 Å². The van der Waals surface area contributed by atoms with Crippen molar-refractivity contribution in [1.29, 1.82) is 0 Å². The number of benzene rings is 1. The zero-order valence-corrected chi connectivity index (χ0v) is 11.8. The van der Waals surface area contributed by atoms with Crippen molar-refractivity contribution in [2.75, 3.05) is 7.05 Å². The largest absolute Gasteiger partial charge is 0.386 e. The van der Waals surface area contributed by atoms with Gasteiger partial charge in [0.15, 0.2) is 0 Å². The Bertz CT molecular complexity index is 459. The average Bonchev–Trinajstić information content (AvgIpc) is 2.46. The molecule has 1 N–H and O–H groups in total. The molecule has 0 fully saturated rings. The second-order valence-electron chi connectivity index (χ2n) is 4.53. The maximum absolute atomic E-state index is 11.9. The Hall–Kier alpha value is -1.79. The number of carbonyl (C=O) groups is 1. The summed E-state index contributed by atoms with van der Waals surface area (Å²) < 4.78 is 0. The molecule has 0 radical (unpaired) electrons. The number of carbonyl (C=O) groups excluding carboxylic acids is 1. The molecule has 0 aliphatic rings. The van der Waals surface area contributed by atoms with Crippen LogP contribution in [0, 0.1) is 11.8 Å². The predicted octanol–water partition coefficient (Wildman–Crippen LogP) is 2.37. The summed E-state index contributed by atoms with van der Waals surface area (Å²) in [5, 5.41) is 10.3. The Kier molecular flexibility index (Phi) is 6.11. The third-order valence-corrected chi connectivity index (χ3v) is 3.24. The highest BCUT2D eigenvalue weighted by Gasteiger charge is 2.23. The fourth-order valence-electron chi connectivity index (χ4n) is 1.84. The molecule has 2 unspecified atom stereocenters. The molecule has 0 spiro atoms. The average molecular weight is 259 g/mol. The molecular weight excluding hydrogens is 238 g/mol. The van der Waals surface area contributed by atoms with Gasteiger partial charge in [-0.3, -0.25) is 4.79 Å². The summed E-state index contributed by atoms with van der Waals surface area (Å²) >= 11 is 0. The van der Waals surface area contributed by atoms with Gasteiger partial charge in [-0.2, -0.15) is 0 Å². The smallest absolute Gasteiger partial charge is 0.223 e. The summed E-state index contributed by atoms with van der Waals surface area (Å²) in [6, 6.07) is 9.13. The summed E-state index contributed by atoms with van der Waals surface area (Å²) in [5.74, 6) is 5.65. The summed E-state index contributed by atoms with van der Waals surface area (Å²) in [6.45, 7) is 3.61. The second kappa shape index (κ2) is 7.60. The number of nitrogens with zero attached hydrogens (tertiary/aromatic N) is 1. The van der Waals surface area contributed by atoms with Gasteiger partial charge >= 0.3 is 0 Å². The van der Waals surface area contributed by atoms with Crippen molar-refractivity contribution in [2.45, 2.75) is 38.8 Å². The highest BCUT2D eigenvalue weighted by atomic mass is 16.3. The van der Waals surface area contributed by atoms with Crippen LogP contribution in [0.3, 0.4) is 0 Å². The third kappa shape index (κ3) is 4.42. The molecule has 3 heteroatoms. The number of amides is 1. The van der Waals surface area contributed by atoms with E-state index in [1.165, 1.54) is 0 Å². The van der Waals surface area contributed by atoms with E-state index >= 15 is 0 Å². The molecule has 2 atom stereocenters. The van der Waals surface area contributed by atoms with Crippen LogP contribution in [0.15, 0.2) is 30.3 Å². The monoisotopic (exact) mass is 259 g/mol. The van der Waals surface area contributed by atoms with Crippen molar-refractivity contribution in [2.24, 2.45) is 0 Å². The first-order chi connectivity index (χ1) is 9.07. The van der Waals surface area contributed by atoms with Crippen molar-refractivity contribution < 1.29 is 9.90 Å². The molecule has 1 amide bonds. The van der Waals surface area contributed by atoms with Crippen LogP contribution >= 0.6 is 0 Å². The van der Waals surface area contributed by atoms with Crippen LogP contribution in [0.25, 0.3) is 0 Å². The summed E-state index contributed by atoms with van der Waals surface area (Å²) in [5.41, 5.74) is 0.822. The molecule has 0 saturated heterocycles. The fraction of sp³-hybridized carbons (Fsp3) is 0.438. The van der Waals surface area contributed by atoms with E-state index in [4.69, 9.17) is 0 Å². The van der Waals surface area contributed by atoms with Gasteiger partial charge in [0.05, 0.1) is 12.1 Å². The Morgan fingerprint density at radius 1 is 1.37 bits per heavy atom. The zero-order chi connectivity index (χ0) is 14.3. The first-order valence-electron chi connectivity index (χ1n) is 6.46. The molecule has 102 valence electrons. The maximum Gasteiger partial charge on any atom is 0.223 e. The lowest BCUT2D eigenvalue weighted by Crippen LogP contribution is -2.38. The normalized spacial score (nSPS) is 13.1. The second-order valence-corrected chi connectivity index (χ2v) is 4.53. The molecule has 19 heavy (non-hydrogen) atoms. The maximum atomic E-state index is 11.9. The summed E-state index contributed by atoms with van der Waals surface area (Å²) in [7, 11) is 1.72. The first-order valence-corrected chi connectivity index (χ1v) is 6.46. The summed E-state index contributed by atoms with van der Waals surface area (Å²) in [4.78, 5) is 13.5. The van der Waals surface area contributed by atoms with Crippen LogP contribution in [0.5, 0.6) is 0 Å². The van der Waals surface area contributed by atoms with Crippen molar-refractivity contribution in [3.05, 3.63) is 35.9 Å². The van der Waals surface area contributed by atoms with Crippen molar-refractivity contribution in [3.8, 4) is 11.8 Å². The zero-order valence-electron chi connectivity index (χ0n) is 11.8.